The maximum Gasteiger partial charge on any atom is 0.0136 e. The van der Waals surface area contributed by atoms with Crippen molar-refractivity contribution in [2.75, 3.05) is 0 Å². The largest absolute Gasteiger partial charge is 0.0622 e. The van der Waals surface area contributed by atoms with Crippen LogP contribution in [0.25, 0.3) is 11.1 Å². The second-order valence-corrected chi connectivity index (χ2v) is 8.10. The summed E-state index contributed by atoms with van der Waals surface area (Å²) in [5, 5.41) is 0. The van der Waals surface area contributed by atoms with Gasteiger partial charge in [-0.1, -0.05) is 97.1 Å². The lowest BCUT2D eigenvalue weighted by Crippen LogP contribution is -2.21. The summed E-state index contributed by atoms with van der Waals surface area (Å²) in [4.78, 5) is 0. The molecule has 0 nitrogen and oxygen atoms in total. The first-order valence-electron chi connectivity index (χ1n) is 10.2. The van der Waals surface area contributed by atoms with E-state index in [0.29, 0.717) is 11.8 Å². The normalized spacial score (nSPS) is 19.1. The van der Waals surface area contributed by atoms with E-state index in [-0.39, 0.29) is 0 Å². The third-order valence-electron chi connectivity index (χ3n) is 6.62. The van der Waals surface area contributed by atoms with E-state index < -0.39 is 0 Å². The second-order valence-electron chi connectivity index (χ2n) is 8.10. The van der Waals surface area contributed by atoms with E-state index >= 15 is 0 Å². The summed E-state index contributed by atoms with van der Waals surface area (Å²) in [5.41, 5.74) is 11.9. The minimum Gasteiger partial charge on any atom is -0.0622 e. The molecule has 0 heterocycles. The molecule has 2 unspecified atom stereocenters. The molecule has 2 aliphatic carbocycles. The Morgan fingerprint density at radius 3 is 1.39 bits per heavy atom. The predicted octanol–water partition coefficient (Wildman–Crippen LogP) is 6.73. The van der Waals surface area contributed by atoms with E-state index in [1.165, 1.54) is 44.5 Å². The lowest BCUT2D eigenvalue weighted by Gasteiger charge is -2.37. The van der Waals surface area contributed by atoms with Gasteiger partial charge < -0.3 is 0 Å². The molecule has 0 aromatic heterocycles. The van der Waals surface area contributed by atoms with E-state index in [9.17, 15) is 0 Å². The smallest absolute Gasteiger partial charge is 0.0136 e. The average molecular weight is 358 g/mol. The van der Waals surface area contributed by atoms with Gasteiger partial charge in [0.05, 0.1) is 0 Å². The zero-order valence-electron chi connectivity index (χ0n) is 15.8. The Kier molecular flexibility index (Phi) is 3.52. The molecule has 2 atom stereocenters. The fraction of sp³-hybridized carbons (Fsp3) is 0.143. The van der Waals surface area contributed by atoms with Crippen molar-refractivity contribution in [3.05, 3.63) is 130 Å². The van der Waals surface area contributed by atoms with Crippen molar-refractivity contribution in [2.24, 2.45) is 0 Å². The van der Waals surface area contributed by atoms with Gasteiger partial charge in [0.2, 0.25) is 0 Å². The summed E-state index contributed by atoms with van der Waals surface area (Å²) in [6, 6.07) is 36.0. The number of benzene rings is 4. The summed E-state index contributed by atoms with van der Waals surface area (Å²) >= 11 is 0. The lowest BCUT2D eigenvalue weighted by molar-refractivity contribution is 0.745. The molecule has 0 saturated heterocycles. The van der Waals surface area contributed by atoms with Crippen LogP contribution in [-0.2, 0) is 12.8 Å². The molecule has 28 heavy (non-hydrogen) atoms. The molecule has 4 aromatic carbocycles. The van der Waals surface area contributed by atoms with Crippen LogP contribution in [0.15, 0.2) is 97.1 Å². The maximum atomic E-state index is 2.36. The number of hydrogen-bond donors (Lipinski definition) is 0. The fourth-order valence-electron chi connectivity index (χ4n) is 5.40. The van der Waals surface area contributed by atoms with Gasteiger partial charge >= 0.3 is 0 Å². The van der Waals surface area contributed by atoms with Crippen LogP contribution in [0.4, 0.5) is 0 Å². The van der Waals surface area contributed by atoms with Crippen molar-refractivity contribution in [3.63, 3.8) is 0 Å². The molecule has 0 radical (unpaired) electrons. The number of hydrogen-bond acceptors (Lipinski definition) is 0. The molecule has 0 spiro atoms. The SMILES string of the molecule is c1ccc(C2Cc3cccc4c3-c3c2cccc3C(c2ccccc2)C4)cc1. The Bertz CT molecular complexity index is 1070. The molecule has 0 aliphatic heterocycles. The Balaban J connectivity index is 1.62. The first kappa shape index (κ1) is 15.9. The van der Waals surface area contributed by atoms with Crippen LogP contribution < -0.4 is 0 Å². The van der Waals surface area contributed by atoms with Gasteiger partial charge in [0.25, 0.3) is 0 Å². The zero-order valence-corrected chi connectivity index (χ0v) is 15.8. The van der Waals surface area contributed by atoms with Crippen molar-refractivity contribution in [3.8, 4) is 11.1 Å². The summed E-state index contributed by atoms with van der Waals surface area (Å²) in [6.07, 6.45) is 2.19. The Hall–Kier alpha value is -3.12. The van der Waals surface area contributed by atoms with Crippen molar-refractivity contribution in [1.29, 1.82) is 0 Å². The summed E-state index contributed by atoms with van der Waals surface area (Å²) in [7, 11) is 0. The Morgan fingerprint density at radius 2 is 0.893 bits per heavy atom. The third kappa shape index (κ3) is 2.31. The van der Waals surface area contributed by atoms with Gasteiger partial charge in [0.1, 0.15) is 0 Å². The highest BCUT2D eigenvalue weighted by Gasteiger charge is 2.34. The first-order valence-corrected chi connectivity index (χ1v) is 10.2. The van der Waals surface area contributed by atoms with Crippen LogP contribution in [0.1, 0.15) is 45.2 Å². The monoisotopic (exact) mass is 358 g/mol. The molecular formula is C28H22. The Labute approximate surface area is 166 Å². The standard InChI is InChI=1S/C28H22/c1-3-9-19(10-4-1)25-17-21-13-7-14-22-18-26(20-11-5-2-6-12-20)24-16-8-15-23(25)28(24)27(21)22/h1-16,25-26H,17-18H2. The first-order chi connectivity index (χ1) is 13.9. The van der Waals surface area contributed by atoms with E-state index in [2.05, 4.69) is 97.1 Å². The molecule has 0 N–H and O–H groups in total. The van der Waals surface area contributed by atoms with Crippen LogP contribution in [0.3, 0.4) is 0 Å². The fourth-order valence-corrected chi connectivity index (χ4v) is 5.40. The van der Waals surface area contributed by atoms with Gasteiger partial charge in [0, 0.05) is 11.8 Å². The minimum absolute atomic E-state index is 0.438. The van der Waals surface area contributed by atoms with Gasteiger partial charge in [-0.25, -0.2) is 0 Å². The molecule has 2 aliphatic rings. The summed E-state index contributed by atoms with van der Waals surface area (Å²) < 4.78 is 0. The minimum atomic E-state index is 0.438. The van der Waals surface area contributed by atoms with Crippen LogP contribution in [0.2, 0.25) is 0 Å². The molecule has 6 rings (SSSR count). The van der Waals surface area contributed by atoms with Crippen LogP contribution in [-0.4, -0.2) is 0 Å². The van der Waals surface area contributed by atoms with E-state index in [1.54, 1.807) is 0 Å². The number of rotatable bonds is 2. The molecule has 0 saturated carbocycles. The Morgan fingerprint density at radius 1 is 0.429 bits per heavy atom. The van der Waals surface area contributed by atoms with Gasteiger partial charge in [-0.05, 0) is 57.3 Å². The van der Waals surface area contributed by atoms with E-state index in [4.69, 9.17) is 0 Å². The van der Waals surface area contributed by atoms with Crippen LogP contribution >= 0.6 is 0 Å². The highest BCUT2D eigenvalue weighted by atomic mass is 14.4. The molecule has 0 fully saturated rings. The molecule has 0 amide bonds. The van der Waals surface area contributed by atoms with Gasteiger partial charge in [-0.15, -0.1) is 0 Å². The van der Waals surface area contributed by atoms with Crippen LogP contribution in [0.5, 0.6) is 0 Å². The third-order valence-corrected chi connectivity index (χ3v) is 6.62. The van der Waals surface area contributed by atoms with Crippen molar-refractivity contribution >= 4 is 0 Å². The molecule has 4 aromatic rings. The van der Waals surface area contributed by atoms with Crippen molar-refractivity contribution < 1.29 is 0 Å². The lowest BCUT2D eigenvalue weighted by atomic mass is 9.66. The predicted molar refractivity (Wildman–Crippen MR) is 116 cm³/mol. The summed E-state index contributed by atoms with van der Waals surface area (Å²) in [6.45, 7) is 0. The molecule has 0 heteroatoms. The zero-order chi connectivity index (χ0) is 18.5. The van der Waals surface area contributed by atoms with Gasteiger partial charge in [-0.3, -0.25) is 0 Å². The second kappa shape index (κ2) is 6.21. The molecule has 134 valence electrons. The average Bonchev–Trinajstić information content (AvgIpc) is 2.78. The van der Waals surface area contributed by atoms with Gasteiger partial charge in [0.15, 0.2) is 0 Å². The topological polar surface area (TPSA) is 0 Å². The highest BCUT2D eigenvalue weighted by Crippen LogP contribution is 2.51. The van der Waals surface area contributed by atoms with E-state index in [1.807, 2.05) is 0 Å². The van der Waals surface area contributed by atoms with Crippen molar-refractivity contribution in [1.82, 2.24) is 0 Å². The van der Waals surface area contributed by atoms with Gasteiger partial charge in [-0.2, -0.15) is 0 Å². The quantitative estimate of drug-likeness (QED) is 0.373. The highest BCUT2D eigenvalue weighted by molar-refractivity contribution is 5.83. The van der Waals surface area contributed by atoms with Crippen molar-refractivity contribution in [2.45, 2.75) is 24.7 Å². The summed E-state index contributed by atoms with van der Waals surface area (Å²) in [5.74, 6) is 0.877. The maximum absolute atomic E-state index is 2.36. The molecular weight excluding hydrogens is 336 g/mol. The molecule has 0 bridgehead atoms. The van der Waals surface area contributed by atoms with Crippen LogP contribution in [0, 0.1) is 0 Å². The van der Waals surface area contributed by atoms with E-state index in [0.717, 1.165) is 12.8 Å².